The summed E-state index contributed by atoms with van der Waals surface area (Å²) < 4.78 is 0. The normalized spacial score (nSPS) is 49.8. The fourth-order valence-corrected chi connectivity index (χ4v) is 5.56. The van der Waals surface area contributed by atoms with E-state index in [1.54, 1.807) is 0 Å². The van der Waals surface area contributed by atoms with Crippen molar-refractivity contribution in [2.45, 2.75) is 45.1 Å². The molecule has 0 aromatic carbocycles. The molecule has 2 nitrogen and oxygen atoms in total. The van der Waals surface area contributed by atoms with Crippen molar-refractivity contribution in [1.82, 2.24) is 0 Å². The molecule has 0 amide bonds. The van der Waals surface area contributed by atoms with Gasteiger partial charge in [-0.05, 0) is 73.0 Å². The van der Waals surface area contributed by atoms with Crippen LogP contribution in [0.5, 0.6) is 0 Å². The second-order valence-corrected chi connectivity index (χ2v) is 7.47. The number of hydrogen-bond acceptors (Lipinski definition) is 2. The molecule has 0 heterocycles. The molecular formula is C18H24O2. The van der Waals surface area contributed by atoms with Crippen LogP contribution in [-0.2, 0) is 0 Å². The molecule has 0 unspecified atom stereocenters. The summed E-state index contributed by atoms with van der Waals surface area (Å²) in [6.45, 7) is 2.31. The Morgan fingerprint density at radius 2 is 2.05 bits per heavy atom. The number of hydrogen-bond donors (Lipinski definition) is 2. The molecule has 4 aliphatic rings. The molecule has 2 fully saturated rings. The standard InChI is InChI=1S/C18H24O2/c1-18-9-8-14-13-5-3-12(19)10-11(13)2-4-15(14)16(18)6-7-17(18)20/h2-3,5,10,13-17,19-20H,4,6-9H2,1H3/t13-,14+,15+,16-,17-,18-/m0/s1. The molecule has 4 aliphatic carbocycles. The zero-order valence-corrected chi connectivity index (χ0v) is 12.1. The van der Waals surface area contributed by atoms with Crippen LogP contribution in [0.2, 0.25) is 0 Å². The van der Waals surface area contributed by atoms with Crippen LogP contribution < -0.4 is 0 Å². The number of aliphatic hydroxyl groups is 2. The summed E-state index contributed by atoms with van der Waals surface area (Å²) in [5, 5.41) is 20.0. The third-order valence-electron chi connectivity index (χ3n) is 6.70. The minimum Gasteiger partial charge on any atom is -0.508 e. The number of aliphatic hydroxyl groups excluding tert-OH is 2. The predicted octanol–water partition coefficient (Wildman–Crippen LogP) is 3.75. The Bertz CT molecular complexity index is 516. The Hall–Kier alpha value is -1.02. The first kappa shape index (κ1) is 12.7. The van der Waals surface area contributed by atoms with E-state index < -0.39 is 0 Å². The SMILES string of the molecule is C[C@]12CC[C@H]3[C@@H](CC=C4C=C(O)C=C[C@@H]43)[C@@H]1CC[C@@H]2O. The van der Waals surface area contributed by atoms with E-state index >= 15 is 0 Å². The highest BCUT2D eigenvalue weighted by molar-refractivity contribution is 5.38. The van der Waals surface area contributed by atoms with E-state index in [-0.39, 0.29) is 11.5 Å². The van der Waals surface area contributed by atoms with Crippen molar-refractivity contribution in [2.24, 2.45) is 29.1 Å². The summed E-state index contributed by atoms with van der Waals surface area (Å²) in [7, 11) is 0. The third kappa shape index (κ3) is 1.60. The highest BCUT2D eigenvalue weighted by atomic mass is 16.3. The van der Waals surface area contributed by atoms with Crippen LogP contribution in [0.4, 0.5) is 0 Å². The lowest BCUT2D eigenvalue weighted by atomic mass is 9.54. The van der Waals surface area contributed by atoms with Crippen LogP contribution in [0.3, 0.4) is 0 Å². The highest BCUT2D eigenvalue weighted by Crippen LogP contribution is 2.60. The van der Waals surface area contributed by atoms with Crippen molar-refractivity contribution in [3.8, 4) is 0 Å². The van der Waals surface area contributed by atoms with E-state index in [1.807, 2.05) is 12.2 Å². The first-order valence-electron chi connectivity index (χ1n) is 8.06. The van der Waals surface area contributed by atoms with Crippen LogP contribution in [0.25, 0.3) is 0 Å². The number of rotatable bonds is 0. The van der Waals surface area contributed by atoms with Gasteiger partial charge in [-0.1, -0.05) is 19.1 Å². The van der Waals surface area contributed by atoms with E-state index in [0.29, 0.717) is 23.5 Å². The van der Waals surface area contributed by atoms with Crippen LogP contribution in [0.1, 0.15) is 39.0 Å². The Morgan fingerprint density at radius 3 is 2.90 bits per heavy atom. The first-order chi connectivity index (χ1) is 9.59. The van der Waals surface area contributed by atoms with Crippen LogP contribution in [0.15, 0.2) is 35.6 Å². The Morgan fingerprint density at radius 1 is 1.20 bits per heavy atom. The molecule has 0 spiro atoms. The molecule has 0 bridgehead atoms. The van der Waals surface area contributed by atoms with Gasteiger partial charge in [0.2, 0.25) is 0 Å². The van der Waals surface area contributed by atoms with Gasteiger partial charge in [0.25, 0.3) is 0 Å². The summed E-state index contributed by atoms with van der Waals surface area (Å²) in [6, 6.07) is 0. The zero-order valence-electron chi connectivity index (χ0n) is 12.1. The lowest BCUT2D eigenvalue weighted by Gasteiger charge is -2.51. The minimum atomic E-state index is -0.0929. The molecule has 2 saturated carbocycles. The topological polar surface area (TPSA) is 40.5 Å². The second kappa shape index (κ2) is 4.24. The Kier molecular flexibility index (Phi) is 2.69. The number of allylic oxidation sites excluding steroid dienone is 5. The molecule has 2 heteroatoms. The monoisotopic (exact) mass is 272 g/mol. The van der Waals surface area contributed by atoms with Crippen LogP contribution >= 0.6 is 0 Å². The average molecular weight is 272 g/mol. The van der Waals surface area contributed by atoms with Crippen LogP contribution in [0, 0.1) is 29.1 Å². The van der Waals surface area contributed by atoms with E-state index in [1.165, 1.54) is 18.4 Å². The van der Waals surface area contributed by atoms with Gasteiger partial charge in [0, 0.05) is 5.92 Å². The molecule has 0 aliphatic heterocycles. The zero-order chi connectivity index (χ0) is 13.9. The van der Waals surface area contributed by atoms with E-state index in [9.17, 15) is 10.2 Å². The average Bonchev–Trinajstić information content (AvgIpc) is 2.74. The fraction of sp³-hybridized carbons (Fsp3) is 0.667. The summed E-state index contributed by atoms with van der Waals surface area (Å²) in [5.41, 5.74) is 1.47. The lowest BCUT2D eigenvalue weighted by Crippen LogP contribution is -2.46. The highest BCUT2D eigenvalue weighted by Gasteiger charge is 2.55. The maximum Gasteiger partial charge on any atom is 0.115 e. The van der Waals surface area contributed by atoms with Gasteiger partial charge in [0.15, 0.2) is 0 Å². The van der Waals surface area contributed by atoms with Crippen molar-refractivity contribution in [2.75, 3.05) is 0 Å². The van der Waals surface area contributed by atoms with E-state index in [4.69, 9.17) is 0 Å². The molecule has 0 aromatic rings. The van der Waals surface area contributed by atoms with Crippen molar-refractivity contribution < 1.29 is 10.2 Å². The molecule has 6 atom stereocenters. The molecule has 108 valence electrons. The second-order valence-electron chi connectivity index (χ2n) is 7.47. The van der Waals surface area contributed by atoms with Gasteiger partial charge >= 0.3 is 0 Å². The molecule has 20 heavy (non-hydrogen) atoms. The molecular weight excluding hydrogens is 248 g/mol. The number of fused-ring (bicyclic) bond motifs is 5. The van der Waals surface area contributed by atoms with Crippen LogP contribution in [-0.4, -0.2) is 16.3 Å². The summed E-state index contributed by atoms with van der Waals surface area (Å²) in [6.07, 6.45) is 13.9. The van der Waals surface area contributed by atoms with Gasteiger partial charge in [-0.3, -0.25) is 0 Å². The third-order valence-corrected chi connectivity index (χ3v) is 6.70. The predicted molar refractivity (Wildman–Crippen MR) is 79.1 cm³/mol. The first-order valence-corrected chi connectivity index (χ1v) is 8.06. The van der Waals surface area contributed by atoms with Crippen molar-refractivity contribution in [3.63, 3.8) is 0 Å². The molecule has 4 rings (SSSR count). The maximum absolute atomic E-state index is 10.4. The Labute approximate surface area is 120 Å². The quantitative estimate of drug-likeness (QED) is 0.705. The summed E-state index contributed by atoms with van der Waals surface area (Å²) in [5.74, 6) is 2.99. The summed E-state index contributed by atoms with van der Waals surface area (Å²) >= 11 is 0. The van der Waals surface area contributed by atoms with Gasteiger partial charge < -0.3 is 10.2 Å². The fourth-order valence-electron chi connectivity index (χ4n) is 5.56. The Balaban J connectivity index is 1.68. The van der Waals surface area contributed by atoms with E-state index in [0.717, 1.165) is 25.2 Å². The molecule has 0 saturated heterocycles. The van der Waals surface area contributed by atoms with E-state index in [2.05, 4.69) is 19.1 Å². The lowest BCUT2D eigenvalue weighted by molar-refractivity contribution is -0.0402. The van der Waals surface area contributed by atoms with Crippen molar-refractivity contribution in [1.29, 1.82) is 0 Å². The van der Waals surface area contributed by atoms with Gasteiger partial charge in [0.1, 0.15) is 5.76 Å². The largest absolute Gasteiger partial charge is 0.508 e. The maximum atomic E-state index is 10.4. The molecule has 2 N–H and O–H groups in total. The van der Waals surface area contributed by atoms with Gasteiger partial charge in [-0.2, -0.15) is 0 Å². The van der Waals surface area contributed by atoms with Gasteiger partial charge in [-0.25, -0.2) is 0 Å². The van der Waals surface area contributed by atoms with Gasteiger partial charge in [-0.15, -0.1) is 0 Å². The summed E-state index contributed by atoms with van der Waals surface area (Å²) in [4.78, 5) is 0. The van der Waals surface area contributed by atoms with Crippen molar-refractivity contribution in [3.05, 3.63) is 35.6 Å². The minimum absolute atomic E-state index is 0.0929. The van der Waals surface area contributed by atoms with Gasteiger partial charge in [0.05, 0.1) is 6.10 Å². The smallest absolute Gasteiger partial charge is 0.115 e. The molecule has 0 aromatic heterocycles. The molecule has 0 radical (unpaired) electrons. The van der Waals surface area contributed by atoms with Crippen molar-refractivity contribution >= 4 is 0 Å².